The van der Waals surface area contributed by atoms with Crippen molar-refractivity contribution in [3.8, 4) is 0 Å². The van der Waals surface area contributed by atoms with Crippen LogP contribution in [0, 0.1) is 10.7 Å². The van der Waals surface area contributed by atoms with Gasteiger partial charge >= 0.3 is 0 Å². The zero-order chi connectivity index (χ0) is 18.2. The van der Waals surface area contributed by atoms with Gasteiger partial charge < -0.3 is 19.1 Å². The topological polar surface area (TPSA) is 48.0 Å². The SMILES string of the molecule is COC(c1c(I)cc(I)c(N(C)C(C)=O)c1I)C1COC(C)(C)O1. The number of benzene rings is 1. The smallest absolute Gasteiger partial charge is 0.223 e. The molecule has 1 saturated heterocycles. The average Bonchev–Trinajstić information content (AvgIpc) is 2.82. The van der Waals surface area contributed by atoms with Crippen molar-refractivity contribution in [3.05, 3.63) is 22.3 Å². The summed E-state index contributed by atoms with van der Waals surface area (Å²) in [4.78, 5) is 13.5. The zero-order valence-corrected chi connectivity index (χ0v) is 20.6. The highest BCUT2D eigenvalue weighted by Crippen LogP contribution is 2.41. The Kier molecular flexibility index (Phi) is 7.19. The van der Waals surface area contributed by atoms with Crippen molar-refractivity contribution in [1.82, 2.24) is 0 Å². The van der Waals surface area contributed by atoms with Crippen LogP contribution in [0.25, 0.3) is 0 Å². The van der Waals surface area contributed by atoms with E-state index in [0.717, 1.165) is 22.0 Å². The molecule has 134 valence electrons. The lowest BCUT2D eigenvalue weighted by Gasteiger charge is -2.28. The van der Waals surface area contributed by atoms with E-state index in [9.17, 15) is 4.79 Å². The van der Waals surface area contributed by atoms with Gasteiger partial charge in [-0.05, 0) is 87.7 Å². The van der Waals surface area contributed by atoms with Gasteiger partial charge in [0.2, 0.25) is 5.91 Å². The first kappa shape index (κ1) is 21.1. The van der Waals surface area contributed by atoms with Crippen molar-refractivity contribution >= 4 is 79.4 Å². The Morgan fingerprint density at radius 1 is 1.38 bits per heavy atom. The third kappa shape index (κ3) is 4.35. The van der Waals surface area contributed by atoms with Gasteiger partial charge in [0, 0.05) is 37.4 Å². The number of anilines is 1. The number of ether oxygens (including phenoxy) is 3. The lowest BCUT2D eigenvalue weighted by atomic mass is 10.0. The summed E-state index contributed by atoms with van der Waals surface area (Å²) < 4.78 is 20.6. The average molecular weight is 671 g/mol. The minimum Gasteiger partial charge on any atom is -0.374 e. The lowest BCUT2D eigenvalue weighted by molar-refractivity contribution is -0.154. The van der Waals surface area contributed by atoms with E-state index < -0.39 is 5.79 Å². The molecule has 1 aliphatic heterocycles. The van der Waals surface area contributed by atoms with Crippen LogP contribution >= 0.6 is 67.8 Å². The van der Waals surface area contributed by atoms with Gasteiger partial charge in [0.05, 0.1) is 12.3 Å². The number of hydrogen-bond donors (Lipinski definition) is 0. The van der Waals surface area contributed by atoms with Crippen molar-refractivity contribution in [2.75, 3.05) is 25.7 Å². The molecule has 0 aromatic heterocycles. The van der Waals surface area contributed by atoms with Crippen LogP contribution < -0.4 is 4.90 Å². The summed E-state index contributed by atoms with van der Waals surface area (Å²) in [5, 5.41) is 0. The van der Waals surface area contributed by atoms with E-state index in [1.165, 1.54) is 0 Å². The van der Waals surface area contributed by atoms with Crippen LogP contribution in [0.1, 0.15) is 32.4 Å². The number of methoxy groups -OCH3 is 1. The van der Waals surface area contributed by atoms with Crippen LogP contribution in [-0.4, -0.2) is 38.6 Å². The third-order valence-electron chi connectivity index (χ3n) is 3.90. The van der Waals surface area contributed by atoms with Gasteiger partial charge in [0.25, 0.3) is 0 Å². The van der Waals surface area contributed by atoms with Crippen molar-refractivity contribution in [3.63, 3.8) is 0 Å². The normalized spacial score (nSPS) is 20.9. The lowest BCUT2D eigenvalue weighted by Crippen LogP contribution is -2.29. The number of carbonyl (C=O) groups excluding carboxylic acids is 1. The monoisotopic (exact) mass is 671 g/mol. The standard InChI is InChI=1S/C16H20I3NO4/c1-8(21)20(4)14-10(18)6-9(17)12(13(14)19)15(22-5)11-7-23-16(2,3)24-11/h6,11,15H,7H2,1-5H3. The van der Waals surface area contributed by atoms with E-state index in [4.69, 9.17) is 14.2 Å². The third-order valence-corrected chi connectivity index (χ3v) is 6.70. The van der Waals surface area contributed by atoms with Gasteiger partial charge in [0.15, 0.2) is 5.79 Å². The number of amides is 1. The van der Waals surface area contributed by atoms with E-state index >= 15 is 0 Å². The number of halogens is 3. The Bertz CT molecular complexity index is 651. The van der Waals surface area contributed by atoms with Gasteiger partial charge in [0.1, 0.15) is 12.2 Å². The molecule has 1 heterocycles. The second-order valence-electron chi connectivity index (χ2n) is 6.02. The van der Waals surface area contributed by atoms with Crippen LogP contribution in [0.15, 0.2) is 6.07 Å². The number of nitrogens with zero attached hydrogens (tertiary/aromatic N) is 1. The molecule has 5 nitrogen and oxygen atoms in total. The second kappa shape index (κ2) is 8.19. The predicted molar refractivity (Wildman–Crippen MR) is 118 cm³/mol. The Morgan fingerprint density at radius 2 is 2.00 bits per heavy atom. The quantitative estimate of drug-likeness (QED) is 0.448. The molecule has 0 radical (unpaired) electrons. The van der Waals surface area contributed by atoms with E-state index in [1.807, 2.05) is 13.8 Å². The molecule has 0 spiro atoms. The largest absolute Gasteiger partial charge is 0.374 e. The number of rotatable bonds is 4. The fraction of sp³-hybridized carbons (Fsp3) is 0.562. The molecule has 1 amide bonds. The molecule has 0 aliphatic carbocycles. The van der Waals surface area contributed by atoms with E-state index in [1.54, 1.807) is 26.0 Å². The van der Waals surface area contributed by atoms with Crippen molar-refractivity contribution in [1.29, 1.82) is 0 Å². The first-order valence-electron chi connectivity index (χ1n) is 7.35. The summed E-state index contributed by atoms with van der Waals surface area (Å²) in [5.41, 5.74) is 1.94. The molecule has 24 heavy (non-hydrogen) atoms. The molecule has 0 N–H and O–H groups in total. The van der Waals surface area contributed by atoms with Crippen LogP contribution in [0.4, 0.5) is 5.69 Å². The fourth-order valence-electron chi connectivity index (χ4n) is 2.64. The van der Waals surface area contributed by atoms with Crippen LogP contribution in [-0.2, 0) is 19.0 Å². The molecule has 2 rings (SSSR count). The molecule has 0 saturated carbocycles. The van der Waals surface area contributed by atoms with Gasteiger partial charge in [-0.15, -0.1) is 0 Å². The summed E-state index contributed by atoms with van der Waals surface area (Å²) >= 11 is 6.87. The molecular formula is C16H20I3NO4. The van der Waals surface area contributed by atoms with E-state index in [2.05, 4.69) is 73.8 Å². The summed E-state index contributed by atoms with van der Waals surface area (Å²) in [6.07, 6.45) is -0.454. The van der Waals surface area contributed by atoms with Crippen molar-refractivity contribution in [2.45, 2.75) is 38.8 Å². The summed E-state index contributed by atoms with van der Waals surface area (Å²) in [5.74, 6) is -0.617. The summed E-state index contributed by atoms with van der Waals surface area (Å²) in [6, 6.07) is 2.07. The van der Waals surface area contributed by atoms with Gasteiger partial charge in [-0.25, -0.2) is 0 Å². The molecule has 2 atom stereocenters. The maximum atomic E-state index is 11.9. The van der Waals surface area contributed by atoms with Crippen LogP contribution in [0.5, 0.6) is 0 Å². The minimum absolute atomic E-state index is 0.00598. The molecule has 0 bridgehead atoms. The zero-order valence-electron chi connectivity index (χ0n) is 14.2. The number of hydrogen-bond acceptors (Lipinski definition) is 4. The van der Waals surface area contributed by atoms with Crippen molar-refractivity contribution < 1.29 is 19.0 Å². The van der Waals surface area contributed by atoms with Crippen LogP contribution in [0.2, 0.25) is 0 Å². The first-order chi connectivity index (χ1) is 11.1. The summed E-state index contributed by atoms with van der Waals surface area (Å²) in [7, 11) is 3.47. The molecule has 1 aromatic carbocycles. The van der Waals surface area contributed by atoms with Gasteiger partial charge in [-0.1, -0.05) is 0 Å². The highest BCUT2D eigenvalue weighted by molar-refractivity contribution is 14.1. The Morgan fingerprint density at radius 3 is 2.46 bits per heavy atom. The fourth-order valence-corrected chi connectivity index (χ4v) is 7.35. The highest BCUT2D eigenvalue weighted by Gasteiger charge is 2.40. The molecule has 1 aromatic rings. The number of carbonyl (C=O) groups is 1. The van der Waals surface area contributed by atoms with Gasteiger partial charge in [-0.2, -0.15) is 0 Å². The highest BCUT2D eigenvalue weighted by atomic mass is 127. The Labute approximate surface area is 183 Å². The first-order valence-corrected chi connectivity index (χ1v) is 10.6. The molecular weight excluding hydrogens is 651 g/mol. The maximum absolute atomic E-state index is 11.9. The molecule has 8 heteroatoms. The molecule has 1 fully saturated rings. The van der Waals surface area contributed by atoms with E-state index in [-0.39, 0.29) is 18.1 Å². The van der Waals surface area contributed by atoms with Gasteiger partial charge in [-0.3, -0.25) is 4.79 Å². The van der Waals surface area contributed by atoms with Crippen molar-refractivity contribution in [2.24, 2.45) is 0 Å². The maximum Gasteiger partial charge on any atom is 0.223 e. The summed E-state index contributed by atoms with van der Waals surface area (Å²) in [6.45, 7) is 5.84. The molecule has 2 unspecified atom stereocenters. The second-order valence-corrected chi connectivity index (χ2v) is 9.42. The molecule has 1 aliphatic rings. The Hall–Kier alpha value is 0.760. The predicted octanol–water partition coefficient (Wildman–Crippen LogP) is 4.32. The Balaban J connectivity index is 2.52. The van der Waals surface area contributed by atoms with Crippen LogP contribution in [0.3, 0.4) is 0 Å². The minimum atomic E-state index is -0.611. The van der Waals surface area contributed by atoms with E-state index in [0.29, 0.717) is 6.61 Å².